The van der Waals surface area contributed by atoms with Crippen molar-refractivity contribution in [1.82, 2.24) is 9.78 Å². The molecule has 0 saturated heterocycles. The number of carbonyl (C=O) groups excluding carboxylic acids is 1. The molecule has 0 spiro atoms. The summed E-state index contributed by atoms with van der Waals surface area (Å²) in [6, 6.07) is 0. The third-order valence-electron chi connectivity index (χ3n) is 2.83. The van der Waals surface area contributed by atoms with E-state index in [9.17, 15) is 13.2 Å². The Morgan fingerprint density at radius 3 is 2.53 bits per heavy atom. The van der Waals surface area contributed by atoms with E-state index in [0.29, 0.717) is 13.2 Å². The van der Waals surface area contributed by atoms with Crippen LogP contribution in [-0.4, -0.2) is 42.8 Å². The summed E-state index contributed by atoms with van der Waals surface area (Å²) in [4.78, 5) is 11.5. The van der Waals surface area contributed by atoms with Crippen LogP contribution < -0.4 is 0 Å². The van der Waals surface area contributed by atoms with Gasteiger partial charge in [0.15, 0.2) is 0 Å². The molecule has 0 fully saturated rings. The van der Waals surface area contributed by atoms with Crippen molar-refractivity contribution in [3.8, 4) is 0 Å². The molecule has 0 radical (unpaired) electrons. The molecule has 0 atom stereocenters. The van der Waals surface area contributed by atoms with Gasteiger partial charge in [-0.1, -0.05) is 0 Å². The van der Waals surface area contributed by atoms with Gasteiger partial charge in [-0.2, -0.15) is 5.10 Å². The standard InChI is InChI=1S/C12H20N2O4S/c1-5-18-12(15)8-11-9(2)13-14(10(11)3)6-7-19(4,16)17/h5-8H2,1-4H3. The van der Waals surface area contributed by atoms with E-state index in [1.54, 1.807) is 18.5 Å². The maximum atomic E-state index is 11.5. The van der Waals surface area contributed by atoms with Gasteiger partial charge in [-0.25, -0.2) is 8.42 Å². The van der Waals surface area contributed by atoms with Gasteiger partial charge in [0.25, 0.3) is 0 Å². The fraction of sp³-hybridized carbons (Fsp3) is 0.667. The van der Waals surface area contributed by atoms with Gasteiger partial charge in [0.1, 0.15) is 9.84 Å². The lowest BCUT2D eigenvalue weighted by atomic mass is 10.1. The molecule has 1 aromatic heterocycles. The van der Waals surface area contributed by atoms with Gasteiger partial charge in [-0.3, -0.25) is 9.48 Å². The monoisotopic (exact) mass is 288 g/mol. The number of ether oxygens (including phenoxy) is 1. The van der Waals surface area contributed by atoms with Crippen molar-refractivity contribution in [2.24, 2.45) is 0 Å². The average Bonchev–Trinajstić information content (AvgIpc) is 2.53. The number of esters is 1. The maximum Gasteiger partial charge on any atom is 0.310 e. The van der Waals surface area contributed by atoms with Crippen LogP contribution in [0.25, 0.3) is 0 Å². The summed E-state index contributed by atoms with van der Waals surface area (Å²) in [5.41, 5.74) is 2.36. The molecular weight excluding hydrogens is 268 g/mol. The Balaban J connectivity index is 2.85. The van der Waals surface area contributed by atoms with Crippen molar-refractivity contribution >= 4 is 15.8 Å². The van der Waals surface area contributed by atoms with Crippen LogP contribution in [0.2, 0.25) is 0 Å². The number of carbonyl (C=O) groups is 1. The van der Waals surface area contributed by atoms with Gasteiger partial charge < -0.3 is 4.74 Å². The minimum absolute atomic E-state index is 0.0355. The van der Waals surface area contributed by atoms with Crippen LogP contribution >= 0.6 is 0 Å². The van der Waals surface area contributed by atoms with E-state index >= 15 is 0 Å². The fourth-order valence-corrected chi connectivity index (χ4v) is 2.32. The zero-order chi connectivity index (χ0) is 14.6. The van der Waals surface area contributed by atoms with E-state index in [1.807, 2.05) is 6.92 Å². The summed E-state index contributed by atoms with van der Waals surface area (Å²) >= 11 is 0. The Bertz CT molecular complexity index is 561. The highest BCUT2D eigenvalue weighted by molar-refractivity contribution is 7.90. The molecular formula is C12H20N2O4S. The third-order valence-corrected chi connectivity index (χ3v) is 3.76. The van der Waals surface area contributed by atoms with E-state index in [-0.39, 0.29) is 18.1 Å². The van der Waals surface area contributed by atoms with E-state index < -0.39 is 9.84 Å². The topological polar surface area (TPSA) is 78.3 Å². The molecule has 0 N–H and O–H groups in total. The summed E-state index contributed by atoms with van der Waals surface area (Å²) in [5, 5.41) is 4.27. The first-order valence-corrected chi connectivity index (χ1v) is 8.17. The summed E-state index contributed by atoms with van der Waals surface area (Å²) in [6.45, 7) is 6.04. The normalized spacial score (nSPS) is 11.6. The molecule has 0 aliphatic heterocycles. The highest BCUT2D eigenvalue weighted by Crippen LogP contribution is 2.14. The largest absolute Gasteiger partial charge is 0.466 e. The Kier molecular flexibility index (Phi) is 5.11. The van der Waals surface area contributed by atoms with Crippen molar-refractivity contribution in [3.05, 3.63) is 17.0 Å². The maximum absolute atomic E-state index is 11.5. The molecule has 6 nitrogen and oxygen atoms in total. The molecule has 1 rings (SSSR count). The second kappa shape index (κ2) is 6.18. The lowest BCUT2D eigenvalue weighted by Crippen LogP contribution is -2.14. The molecule has 0 aliphatic carbocycles. The lowest BCUT2D eigenvalue weighted by Gasteiger charge is -2.05. The van der Waals surface area contributed by atoms with E-state index in [4.69, 9.17) is 4.74 Å². The van der Waals surface area contributed by atoms with Crippen LogP contribution in [0.4, 0.5) is 0 Å². The lowest BCUT2D eigenvalue weighted by molar-refractivity contribution is -0.142. The third kappa shape index (κ3) is 4.66. The van der Waals surface area contributed by atoms with Crippen molar-refractivity contribution in [1.29, 1.82) is 0 Å². The molecule has 1 heterocycles. The first kappa shape index (κ1) is 15.7. The van der Waals surface area contributed by atoms with Gasteiger partial charge in [0.2, 0.25) is 0 Å². The summed E-state index contributed by atoms with van der Waals surface area (Å²) in [6.07, 6.45) is 1.36. The Morgan fingerprint density at radius 2 is 2.00 bits per heavy atom. The molecule has 7 heteroatoms. The van der Waals surface area contributed by atoms with Crippen LogP contribution in [-0.2, 0) is 32.3 Å². The first-order chi connectivity index (χ1) is 8.74. The Labute approximate surface area is 113 Å². The van der Waals surface area contributed by atoms with Crippen LogP contribution in [0, 0.1) is 13.8 Å². The minimum atomic E-state index is -3.03. The number of aromatic nitrogens is 2. The molecule has 19 heavy (non-hydrogen) atoms. The van der Waals surface area contributed by atoms with Crippen molar-refractivity contribution in [2.45, 2.75) is 33.7 Å². The number of aryl methyl sites for hydroxylation is 2. The van der Waals surface area contributed by atoms with Crippen molar-refractivity contribution < 1.29 is 17.9 Å². The van der Waals surface area contributed by atoms with Crippen LogP contribution in [0.5, 0.6) is 0 Å². The molecule has 0 amide bonds. The van der Waals surface area contributed by atoms with Crippen LogP contribution in [0.1, 0.15) is 23.9 Å². The number of nitrogens with zero attached hydrogens (tertiary/aromatic N) is 2. The van der Waals surface area contributed by atoms with E-state index in [1.165, 1.54) is 6.26 Å². The quantitative estimate of drug-likeness (QED) is 0.718. The predicted octanol–water partition coefficient (Wildman–Crippen LogP) is 0.650. The highest BCUT2D eigenvalue weighted by atomic mass is 32.2. The highest BCUT2D eigenvalue weighted by Gasteiger charge is 2.16. The second-order valence-corrected chi connectivity index (χ2v) is 6.74. The fourth-order valence-electron chi connectivity index (χ4n) is 1.82. The number of hydrogen-bond donors (Lipinski definition) is 0. The molecule has 0 aliphatic rings. The van der Waals surface area contributed by atoms with E-state index in [2.05, 4.69) is 5.10 Å². The molecule has 0 aromatic carbocycles. The molecule has 108 valence electrons. The Morgan fingerprint density at radius 1 is 1.37 bits per heavy atom. The molecule has 0 unspecified atom stereocenters. The zero-order valence-corrected chi connectivity index (χ0v) is 12.6. The SMILES string of the molecule is CCOC(=O)Cc1c(C)nn(CCS(C)(=O)=O)c1C. The van der Waals surface area contributed by atoms with Gasteiger partial charge in [-0.15, -0.1) is 0 Å². The molecule has 0 saturated carbocycles. The summed E-state index contributed by atoms with van der Waals surface area (Å²) in [7, 11) is -3.03. The second-order valence-electron chi connectivity index (χ2n) is 4.48. The van der Waals surface area contributed by atoms with Crippen LogP contribution in [0.3, 0.4) is 0 Å². The van der Waals surface area contributed by atoms with E-state index in [0.717, 1.165) is 17.0 Å². The smallest absolute Gasteiger partial charge is 0.310 e. The Hall–Kier alpha value is -1.37. The minimum Gasteiger partial charge on any atom is -0.466 e. The van der Waals surface area contributed by atoms with Gasteiger partial charge in [0, 0.05) is 17.5 Å². The number of sulfone groups is 1. The van der Waals surface area contributed by atoms with Crippen molar-refractivity contribution in [2.75, 3.05) is 18.6 Å². The molecule has 1 aromatic rings. The summed E-state index contributed by atoms with van der Waals surface area (Å²) < 4.78 is 28.8. The first-order valence-electron chi connectivity index (χ1n) is 6.10. The predicted molar refractivity (Wildman–Crippen MR) is 71.7 cm³/mol. The van der Waals surface area contributed by atoms with Gasteiger partial charge in [0.05, 0.1) is 31.0 Å². The number of rotatable bonds is 6. The van der Waals surface area contributed by atoms with Gasteiger partial charge in [-0.05, 0) is 20.8 Å². The average molecular weight is 288 g/mol. The van der Waals surface area contributed by atoms with Gasteiger partial charge >= 0.3 is 5.97 Å². The summed E-state index contributed by atoms with van der Waals surface area (Å²) in [5.74, 6) is -0.260. The van der Waals surface area contributed by atoms with Crippen LogP contribution in [0.15, 0.2) is 0 Å². The van der Waals surface area contributed by atoms with Crippen molar-refractivity contribution in [3.63, 3.8) is 0 Å². The number of hydrogen-bond acceptors (Lipinski definition) is 5. The zero-order valence-electron chi connectivity index (χ0n) is 11.8. The molecule has 0 bridgehead atoms.